The number of carbonyl (C=O) groups excluding carboxylic acids is 1. The van der Waals surface area contributed by atoms with Crippen molar-refractivity contribution in [2.45, 2.75) is 37.9 Å². The number of morpholine rings is 1. The Labute approximate surface area is 198 Å². The minimum absolute atomic E-state index is 0.0212. The van der Waals surface area contributed by atoms with Crippen LogP contribution in [0.5, 0.6) is 0 Å². The molecule has 1 aliphatic rings. The molecule has 1 aromatic heterocycles. The average molecular weight is 485 g/mol. The maximum Gasteiger partial charge on any atom is 0.295 e. The van der Waals surface area contributed by atoms with E-state index in [1.54, 1.807) is 30.8 Å². The molecule has 4 rings (SSSR count). The van der Waals surface area contributed by atoms with Crippen molar-refractivity contribution in [2.24, 2.45) is 7.05 Å². The van der Waals surface area contributed by atoms with E-state index in [-0.39, 0.29) is 47.0 Å². The number of rotatable bonds is 5. The number of sulfonamides is 1. The molecule has 0 aliphatic carbocycles. The maximum atomic E-state index is 13.2. The van der Waals surface area contributed by atoms with Gasteiger partial charge in [0.2, 0.25) is 10.0 Å². The van der Waals surface area contributed by atoms with Gasteiger partial charge in [-0.1, -0.05) is 24.3 Å². The molecule has 1 amide bonds. The van der Waals surface area contributed by atoms with Gasteiger partial charge in [-0.15, -0.1) is 0 Å². The zero-order chi connectivity index (χ0) is 24.6. The van der Waals surface area contributed by atoms with E-state index in [0.717, 1.165) is 0 Å². The van der Waals surface area contributed by atoms with Gasteiger partial charge in [0.05, 0.1) is 28.5 Å². The van der Waals surface area contributed by atoms with Gasteiger partial charge in [-0.3, -0.25) is 14.3 Å². The van der Waals surface area contributed by atoms with Gasteiger partial charge in [0.15, 0.2) is 0 Å². The number of anilines is 1. The van der Waals surface area contributed by atoms with E-state index in [9.17, 15) is 18.0 Å². The zero-order valence-electron chi connectivity index (χ0n) is 19.6. The average Bonchev–Trinajstić information content (AvgIpc) is 3.02. The lowest BCUT2D eigenvalue weighted by Crippen LogP contribution is -2.48. The van der Waals surface area contributed by atoms with Gasteiger partial charge in [0.1, 0.15) is 5.69 Å². The number of carbonyl (C=O) groups is 1. The molecule has 0 bridgehead atoms. The number of hydrogen-bond acceptors (Lipinski definition) is 5. The number of nitrogens with zero attached hydrogens (tertiary/aromatic N) is 3. The third-order valence-corrected chi connectivity index (χ3v) is 7.74. The summed E-state index contributed by atoms with van der Waals surface area (Å²) >= 11 is 0. The first-order valence-electron chi connectivity index (χ1n) is 11.0. The highest BCUT2D eigenvalue weighted by Crippen LogP contribution is 2.22. The Morgan fingerprint density at radius 1 is 1.03 bits per heavy atom. The molecule has 1 N–H and O–H groups in total. The molecular weight excluding hydrogens is 456 g/mol. The number of hydrogen-bond donors (Lipinski definition) is 1. The van der Waals surface area contributed by atoms with Crippen LogP contribution in [0.15, 0.2) is 64.3 Å². The SMILES string of the molecule is Cc1c(NC(=O)c2cccc(S(=O)(=O)N3C[C@H](C)O[C@@H](C)C3)c2)c(=O)n(-c2ccccc2)n1C. The van der Waals surface area contributed by atoms with Gasteiger partial charge in [-0.05, 0) is 51.1 Å². The van der Waals surface area contributed by atoms with Gasteiger partial charge in [-0.2, -0.15) is 4.31 Å². The molecule has 34 heavy (non-hydrogen) atoms. The predicted octanol–water partition coefficient (Wildman–Crippen LogP) is 2.53. The number of amides is 1. The van der Waals surface area contributed by atoms with Crippen LogP contribution in [-0.4, -0.2) is 53.3 Å². The fourth-order valence-corrected chi connectivity index (χ4v) is 5.81. The van der Waals surface area contributed by atoms with E-state index < -0.39 is 15.9 Å². The fraction of sp³-hybridized carbons (Fsp3) is 0.333. The van der Waals surface area contributed by atoms with Crippen molar-refractivity contribution in [1.29, 1.82) is 0 Å². The highest BCUT2D eigenvalue weighted by Gasteiger charge is 2.32. The normalized spacial score (nSPS) is 19.2. The first-order valence-corrected chi connectivity index (χ1v) is 12.4. The third-order valence-electron chi connectivity index (χ3n) is 5.91. The second-order valence-electron chi connectivity index (χ2n) is 8.50. The maximum absolute atomic E-state index is 13.2. The largest absolute Gasteiger partial charge is 0.373 e. The monoisotopic (exact) mass is 484 g/mol. The Morgan fingerprint density at radius 2 is 1.68 bits per heavy atom. The van der Waals surface area contributed by atoms with Crippen molar-refractivity contribution in [3.8, 4) is 5.69 Å². The van der Waals surface area contributed by atoms with Crippen molar-refractivity contribution in [3.05, 3.63) is 76.2 Å². The lowest BCUT2D eigenvalue weighted by Gasteiger charge is -2.34. The fourth-order valence-electron chi connectivity index (χ4n) is 4.17. The Morgan fingerprint density at radius 3 is 2.32 bits per heavy atom. The molecule has 9 nitrogen and oxygen atoms in total. The number of ether oxygens (including phenoxy) is 1. The first kappa shape index (κ1) is 23.9. The molecule has 0 unspecified atom stereocenters. The Kier molecular flexibility index (Phi) is 6.48. The van der Waals surface area contributed by atoms with Crippen LogP contribution in [0.3, 0.4) is 0 Å². The highest BCUT2D eigenvalue weighted by molar-refractivity contribution is 7.89. The first-order chi connectivity index (χ1) is 16.1. The molecule has 0 saturated carbocycles. The van der Waals surface area contributed by atoms with Gasteiger partial charge >= 0.3 is 0 Å². The molecule has 1 saturated heterocycles. The summed E-state index contributed by atoms with van der Waals surface area (Å²) in [6.07, 6.45) is -0.448. The Balaban J connectivity index is 1.63. The molecule has 2 aromatic carbocycles. The van der Waals surface area contributed by atoms with Crippen LogP contribution in [0.4, 0.5) is 5.69 Å². The quantitative estimate of drug-likeness (QED) is 0.600. The van der Waals surface area contributed by atoms with Crippen LogP contribution in [0.25, 0.3) is 5.69 Å². The number of para-hydroxylation sites is 1. The summed E-state index contributed by atoms with van der Waals surface area (Å²) in [5.41, 5.74) is 1.15. The summed E-state index contributed by atoms with van der Waals surface area (Å²) in [6, 6.07) is 14.9. The minimum atomic E-state index is -3.81. The molecule has 3 aromatic rings. The molecule has 2 heterocycles. The minimum Gasteiger partial charge on any atom is -0.373 e. The molecule has 180 valence electrons. The van der Waals surface area contributed by atoms with Crippen molar-refractivity contribution >= 4 is 21.6 Å². The smallest absolute Gasteiger partial charge is 0.295 e. The highest BCUT2D eigenvalue weighted by atomic mass is 32.2. The molecule has 0 spiro atoms. The van der Waals surface area contributed by atoms with E-state index in [1.807, 2.05) is 32.0 Å². The Bertz CT molecular complexity index is 1370. The second-order valence-corrected chi connectivity index (χ2v) is 10.4. The van der Waals surface area contributed by atoms with Gasteiger partial charge < -0.3 is 10.1 Å². The standard InChI is InChI=1S/C24H28N4O5S/c1-16-14-27(15-17(2)33-16)34(31,32)21-12-8-9-19(13-21)23(29)25-22-18(3)26(4)28(24(22)30)20-10-6-5-7-11-20/h5-13,16-17H,14-15H2,1-4H3,(H,25,29)/t16-,17-/m0/s1. The van der Waals surface area contributed by atoms with Gasteiger partial charge in [0, 0.05) is 25.7 Å². The molecule has 10 heteroatoms. The van der Waals surface area contributed by atoms with E-state index in [0.29, 0.717) is 11.4 Å². The van der Waals surface area contributed by atoms with Crippen LogP contribution < -0.4 is 10.9 Å². The van der Waals surface area contributed by atoms with E-state index >= 15 is 0 Å². The predicted molar refractivity (Wildman–Crippen MR) is 129 cm³/mol. The van der Waals surface area contributed by atoms with Crippen LogP contribution >= 0.6 is 0 Å². The van der Waals surface area contributed by atoms with E-state index in [1.165, 1.54) is 33.3 Å². The molecule has 0 radical (unpaired) electrons. The number of aromatic nitrogens is 2. The summed E-state index contributed by atoms with van der Waals surface area (Å²) in [4.78, 5) is 26.1. The lowest BCUT2D eigenvalue weighted by atomic mass is 10.2. The van der Waals surface area contributed by atoms with Crippen LogP contribution in [0, 0.1) is 6.92 Å². The van der Waals surface area contributed by atoms with E-state index in [2.05, 4.69) is 5.32 Å². The summed E-state index contributed by atoms with van der Waals surface area (Å²) in [6.45, 7) is 5.87. The van der Waals surface area contributed by atoms with Crippen LogP contribution in [-0.2, 0) is 21.8 Å². The number of nitrogens with one attached hydrogen (secondary N) is 1. The molecule has 1 fully saturated rings. The van der Waals surface area contributed by atoms with Gasteiger partial charge in [0.25, 0.3) is 11.5 Å². The van der Waals surface area contributed by atoms with Crippen LogP contribution in [0.1, 0.15) is 29.9 Å². The lowest BCUT2D eigenvalue weighted by molar-refractivity contribution is -0.0440. The van der Waals surface area contributed by atoms with Crippen molar-refractivity contribution in [1.82, 2.24) is 13.7 Å². The summed E-state index contributed by atoms with van der Waals surface area (Å²) in [5, 5.41) is 2.68. The van der Waals surface area contributed by atoms with Gasteiger partial charge in [-0.25, -0.2) is 13.1 Å². The van der Waals surface area contributed by atoms with E-state index in [4.69, 9.17) is 4.74 Å². The molecule has 1 aliphatic heterocycles. The summed E-state index contributed by atoms with van der Waals surface area (Å²) in [5.74, 6) is -0.563. The van der Waals surface area contributed by atoms with Crippen molar-refractivity contribution in [3.63, 3.8) is 0 Å². The third kappa shape index (κ3) is 4.44. The van der Waals surface area contributed by atoms with Crippen LogP contribution in [0.2, 0.25) is 0 Å². The Hall–Kier alpha value is -3.21. The second kappa shape index (κ2) is 9.21. The zero-order valence-corrected chi connectivity index (χ0v) is 20.4. The van der Waals surface area contributed by atoms with Crippen molar-refractivity contribution in [2.75, 3.05) is 18.4 Å². The topological polar surface area (TPSA) is 103 Å². The molecular formula is C24H28N4O5S. The van der Waals surface area contributed by atoms with Crippen molar-refractivity contribution < 1.29 is 17.9 Å². The number of benzene rings is 2. The molecule has 2 atom stereocenters. The summed E-state index contributed by atoms with van der Waals surface area (Å²) < 4.78 is 36.6. The summed E-state index contributed by atoms with van der Waals surface area (Å²) in [7, 11) is -2.08.